The summed E-state index contributed by atoms with van der Waals surface area (Å²) in [6, 6.07) is 0. The fraction of sp³-hybridized carbons (Fsp3) is 0.667. The lowest BCUT2D eigenvalue weighted by Gasteiger charge is -2.37. The van der Waals surface area contributed by atoms with Crippen LogP contribution in [-0.2, 0) is 14.3 Å². The number of rotatable bonds is 5. The van der Waals surface area contributed by atoms with Crippen LogP contribution in [0.2, 0.25) is 0 Å². The summed E-state index contributed by atoms with van der Waals surface area (Å²) in [7, 11) is 2.98. The van der Waals surface area contributed by atoms with Crippen molar-refractivity contribution in [2.45, 2.75) is 19.8 Å². The molecular weight excluding hydrogens is 170 g/mol. The molecule has 13 heavy (non-hydrogen) atoms. The number of carbonyl (C=O) groups excluding carboxylic acids is 1. The topological polar surface area (TPSA) is 38.8 Å². The van der Waals surface area contributed by atoms with Crippen LogP contribution in [0.1, 0.15) is 13.8 Å². The highest BCUT2D eigenvalue weighted by Crippen LogP contribution is 2.16. The number of methoxy groups -OCH3 is 2. The van der Waals surface area contributed by atoms with Crippen LogP contribution in [0, 0.1) is 0 Å². The third-order valence-electron chi connectivity index (χ3n) is 1.94. The highest BCUT2D eigenvalue weighted by molar-refractivity contribution is 5.73. The summed E-state index contributed by atoms with van der Waals surface area (Å²) in [4.78, 5) is 12.7. The lowest BCUT2D eigenvalue weighted by Crippen LogP contribution is -2.51. The predicted molar refractivity (Wildman–Crippen MR) is 50.0 cm³/mol. The minimum Gasteiger partial charge on any atom is -0.336 e. The van der Waals surface area contributed by atoms with Crippen molar-refractivity contribution in [2.24, 2.45) is 0 Å². The minimum absolute atomic E-state index is 0.119. The predicted octanol–water partition coefficient (Wildman–Crippen LogP) is 0.987. The van der Waals surface area contributed by atoms with E-state index in [1.807, 2.05) is 0 Å². The molecule has 0 radical (unpaired) electrons. The van der Waals surface area contributed by atoms with Crippen LogP contribution in [-0.4, -0.2) is 37.5 Å². The summed E-state index contributed by atoms with van der Waals surface area (Å²) >= 11 is 0. The first-order chi connectivity index (χ1) is 6.01. The highest BCUT2D eigenvalue weighted by atomic mass is 16.7. The zero-order valence-electron chi connectivity index (χ0n) is 8.66. The third-order valence-corrected chi connectivity index (χ3v) is 1.94. The van der Waals surface area contributed by atoms with Gasteiger partial charge in [0.1, 0.15) is 0 Å². The first-order valence-corrected chi connectivity index (χ1v) is 4.01. The van der Waals surface area contributed by atoms with Gasteiger partial charge in [-0.2, -0.15) is 0 Å². The second kappa shape index (κ2) is 4.99. The summed E-state index contributed by atoms with van der Waals surface area (Å²) in [5, 5.41) is 0. The van der Waals surface area contributed by atoms with E-state index in [9.17, 15) is 4.79 Å². The maximum atomic E-state index is 11.2. The molecule has 0 rings (SSSR count). The number of hydrogen-bond acceptors (Lipinski definition) is 3. The molecule has 0 fully saturated rings. The van der Waals surface area contributed by atoms with Gasteiger partial charge in [0.2, 0.25) is 5.91 Å². The third kappa shape index (κ3) is 2.82. The Kier molecular flexibility index (Phi) is 4.66. The van der Waals surface area contributed by atoms with E-state index < -0.39 is 5.91 Å². The molecule has 0 unspecified atom stereocenters. The van der Waals surface area contributed by atoms with Gasteiger partial charge in [-0.3, -0.25) is 9.69 Å². The van der Waals surface area contributed by atoms with Crippen molar-refractivity contribution < 1.29 is 14.3 Å². The Morgan fingerprint density at radius 3 is 2.23 bits per heavy atom. The molecular formula is C9H17NO3. The second-order valence-electron chi connectivity index (χ2n) is 2.72. The summed E-state index contributed by atoms with van der Waals surface area (Å²) in [6.07, 6.45) is 1.62. The summed E-state index contributed by atoms with van der Waals surface area (Å²) in [5.74, 6) is -1.13. The monoisotopic (exact) mass is 187 g/mol. The van der Waals surface area contributed by atoms with Crippen molar-refractivity contribution in [1.82, 2.24) is 4.90 Å². The minimum atomic E-state index is -1.01. The molecule has 1 amide bonds. The van der Waals surface area contributed by atoms with Crippen LogP contribution in [0.25, 0.3) is 0 Å². The Labute approximate surface area is 79.1 Å². The van der Waals surface area contributed by atoms with E-state index in [0.717, 1.165) is 0 Å². The Morgan fingerprint density at radius 1 is 1.54 bits per heavy atom. The SMILES string of the molecule is C=CCN(C(C)=O)C(C)(OC)OC. The highest BCUT2D eigenvalue weighted by Gasteiger charge is 2.32. The fourth-order valence-corrected chi connectivity index (χ4v) is 1.01. The Hall–Kier alpha value is -0.870. The van der Waals surface area contributed by atoms with Gasteiger partial charge >= 0.3 is 0 Å². The molecule has 0 saturated carbocycles. The summed E-state index contributed by atoms with van der Waals surface area (Å²) < 4.78 is 10.2. The summed E-state index contributed by atoms with van der Waals surface area (Å²) in [5.41, 5.74) is 0. The average molecular weight is 187 g/mol. The molecule has 0 aliphatic rings. The first kappa shape index (κ1) is 12.1. The number of nitrogens with zero attached hydrogens (tertiary/aromatic N) is 1. The molecule has 4 heteroatoms. The average Bonchev–Trinajstić information content (AvgIpc) is 2.12. The van der Waals surface area contributed by atoms with Crippen LogP contribution in [0.4, 0.5) is 0 Å². The van der Waals surface area contributed by atoms with E-state index in [2.05, 4.69) is 6.58 Å². The lowest BCUT2D eigenvalue weighted by molar-refractivity contribution is -0.272. The van der Waals surface area contributed by atoms with Gasteiger partial charge in [-0.05, 0) is 0 Å². The molecule has 0 aliphatic heterocycles. The van der Waals surface area contributed by atoms with E-state index in [0.29, 0.717) is 6.54 Å². The van der Waals surface area contributed by atoms with Gasteiger partial charge in [0, 0.05) is 34.6 Å². The van der Waals surface area contributed by atoms with Crippen LogP contribution >= 0.6 is 0 Å². The van der Waals surface area contributed by atoms with Gasteiger partial charge in [-0.25, -0.2) is 0 Å². The Bertz CT molecular complexity index is 187. The van der Waals surface area contributed by atoms with Crippen LogP contribution < -0.4 is 0 Å². The molecule has 0 aromatic rings. The van der Waals surface area contributed by atoms with Crippen LogP contribution in [0.15, 0.2) is 12.7 Å². The number of ether oxygens (including phenoxy) is 2. The lowest BCUT2D eigenvalue weighted by atomic mass is 10.4. The normalized spacial score (nSPS) is 11.1. The zero-order valence-corrected chi connectivity index (χ0v) is 8.66. The molecule has 0 atom stereocenters. The van der Waals surface area contributed by atoms with Gasteiger partial charge in [0.15, 0.2) is 0 Å². The molecule has 0 heterocycles. The van der Waals surface area contributed by atoms with Crippen molar-refractivity contribution in [3.05, 3.63) is 12.7 Å². The summed E-state index contributed by atoms with van der Waals surface area (Å²) in [6.45, 7) is 7.09. The standard InChI is InChI=1S/C9H17NO3/c1-6-7-10(8(2)11)9(3,12-4)13-5/h6H,1,7H2,2-5H3. The molecule has 0 N–H and O–H groups in total. The maximum Gasteiger partial charge on any atom is 0.250 e. The molecule has 4 nitrogen and oxygen atoms in total. The molecule has 76 valence electrons. The van der Waals surface area contributed by atoms with E-state index in [4.69, 9.17) is 9.47 Å². The molecule has 0 bridgehead atoms. The maximum absolute atomic E-state index is 11.2. The second-order valence-corrected chi connectivity index (χ2v) is 2.72. The van der Waals surface area contributed by atoms with E-state index in [1.54, 1.807) is 13.0 Å². The molecule has 0 aromatic carbocycles. The van der Waals surface area contributed by atoms with Crippen molar-refractivity contribution in [2.75, 3.05) is 20.8 Å². The van der Waals surface area contributed by atoms with Crippen molar-refractivity contribution in [1.29, 1.82) is 0 Å². The number of hydrogen-bond donors (Lipinski definition) is 0. The van der Waals surface area contributed by atoms with E-state index in [-0.39, 0.29) is 5.91 Å². The van der Waals surface area contributed by atoms with Gasteiger partial charge in [0.25, 0.3) is 5.91 Å². The largest absolute Gasteiger partial charge is 0.336 e. The van der Waals surface area contributed by atoms with Gasteiger partial charge in [-0.1, -0.05) is 6.08 Å². The quantitative estimate of drug-likeness (QED) is 0.476. The van der Waals surface area contributed by atoms with Crippen molar-refractivity contribution in [3.8, 4) is 0 Å². The fourth-order valence-electron chi connectivity index (χ4n) is 1.01. The number of amides is 1. The van der Waals surface area contributed by atoms with Crippen LogP contribution in [0.5, 0.6) is 0 Å². The van der Waals surface area contributed by atoms with Gasteiger partial charge in [0.05, 0.1) is 0 Å². The molecule has 0 spiro atoms. The van der Waals surface area contributed by atoms with Crippen LogP contribution in [0.3, 0.4) is 0 Å². The Balaban J connectivity index is 4.67. The smallest absolute Gasteiger partial charge is 0.250 e. The van der Waals surface area contributed by atoms with E-state index >= 15 is 0 Å². The zero-order chi connectivity index (χ0) is 10.5. The Morgan fingerprint density at radius 2 is 2.00 bits per heavy atom. The molecule has 0 saturated heterocycles. The van der Waals surface area contributed by atoms with Gasteiger partial charge < -0.3 is 9.47 Å². The first-order valence-electron chi connectivity index (χ1n) is 4.01. The van der Waals surface area contributed by atoms with Gasteiger partial charge in [-0.15, -0.1) is 6.58 Å². The molecule has 0 aromatic heterocycles. The van der Waals surface area contributed by atoms with E-state index in [1.165, 1.54) is 26.0 Å². The molecule has 0 aliphatic carbocycles. The number of carbonyl (C=O) groups is 1. The van der Waals surface area contributed by atoms with Crippen molar-refractivity contribution >= 4 is 5.91 Å². The van der Waals surface area contributed by atoms with Crippen molar-refractivity contribution in [3.63, 3.8) is 0 Å².